The van der Waals surface area contributed by atoms with Gasteiger partial charge in [0.25, 0.3) is 6.43 Å². The summed E-state index contributed by atoms with van der Waals surface area (Å²) in [6, 6.07) is 9.79. The number of aryl methyl sites for hydroxylation is 1. The summed E-state index contributed by atoms with van der Waals surface area (Å²) in [5.41, 5.74) is 1.33. The highest BCUT2D eigenvalue weighted by atomic mass is 19.3. The topological polar surface area (TPSA) is 154 Å². The molecule has 3 N–H and O–H groups in total. The van der Waals surface area contributed by atoms with Crippen molar-refractivity contribution in [2.24, 2.45) is 11.8 Å². The van der Waals surface area contributed by atoms with Crippen LogP contribution in [0.4, 0.5) is 25.2 Å². The van der Waals surface area contributed by atoms with E-state index in [4.69, 9.17) is 18.9 Å². The molecule has 1 aliphatic carbocycles. The van der Waals surface area contributed by atoms with Gasteiger partial charge in [0.1, 0.15) is 17.2 Å². The molecule has 0 unspecified atom stereocenters. The molecule has 254 valence electrons. The number of aromatic nitrogens is 3. The first-order valence-corrected chi connectivity index (χ1v) is 15.4. The maximum absolute atomic E-state index is 13.1. The lowest BCUT2D eigenvalue weighted by Crippen LogP contribution is -2.37. The molecule has 0 radical (unpaired) electrons. The number of nitrogens with one attached hydrogen (secondary N) is 2. The highest BCUT2D eigenvalue weighted by Crippen LogP contribution is 2.41. The Morgan fingerprint density at radius 1 is 1.02 bits per heavy atom. The van der Waals surface area contributed by atoms with Crippen LogP contribution >= 0.6 is 0 Å². The number of halogens is 2. The number of hydrogen-bond donors (Lipinski definition) is 3. The number of carbonyl (C=O) groups is 2. The number of anilines is 2. The standard InChI is InChI=1S/C33H41F2N5O7/c1-21-16-26(39-29(17-21)40-28-18-23(30(34)35)10-11-36-28)24-6-9-27(38-19-24)33(2,43)25-7-4-22(5-8-25)31(41)46-20-47-32(42)37-12-13-45-15-14-44-3/h6,9-11,16-19,22,25,30,43H,4-5,7-8,12-15,20H2,1-3H3,(H,37,42)(H,36,39,40)/t22?,25?,33-/m1/s1. The largest absolute Gasteiger partial charge is 0.428 e. The van der Waals surface area contributed by atoms with E-state index in [9.17, 15) is 23.5 Å². The summed E-state index contributed by atoms with van der Waals surface area (Å²) in [5.74, 6) is -0.242. The van der Waals surface area contributed by atoms with Gasteiger partial charge in [-0.25, -0.2) is 23.5 Å². The number of nitrogens with zero attached hydrogens (tertiary/aromatic N) is 3. The lowest BCUT2D eigenvalue weighted by molar-refractivity contribution is -0.159. The molecule has 1 atom stereocenters. The van der Waals surface area contributed by atoms with Crippen LogP contribution < -0.4 is 10.6 Å². The molecule has 3 heterocycles. The number of alkyl carbamates (subject to hydrolysis) is 1. The van der Waals surface area contributed by atoms with E-state index in [1.54, 1.807) is 32.4 Å². The first-order chi connectivity index (χ1) is 22.6. The number of ether oxygens (including phenoxy) is 4. The second kappa shape index (κ2) is 17.0. The van der Waals surface area contributed by atoms with Gasteiger partial charge in [0.2, 0.25) is 6.79 Å². The fourth-order valence-electron chi connectivity index (χ4n) is 5.39. The van der Waals surface area contributed by atoms with Crippen molar-refractivity contribution in [2.75, 3.05) is 45.6 Å². The number of amides is 1. The zero-order valence-electron chi connectivity index (χ0n) is 26.7. The SMILES string of the molecule is COCCOCCNC(=O)OCOC(=O)C1CCC([C@@](C)(O)c2ccc(-c3cc(C)cc(Nc4cc(C(F)F)ccn4)n3)cn2)CC1. The van der Waals surface area contributed by atoms with Gasteiger partial charge < -0.3 is 34.7 Å². The predicted octanol–water partition coefficient (Wildman–Crippen LogP) is 5.43. The van der Waals surface area contributed by atoms with Crippen molar-refractivity contribution in [3.63, 3.8) is 0 Å². The summed E-state index contributed by atoms with van der Waals surface area (Å²) in [5, 5.41) is 17.0. The minimum Gasteiger partial charge on any atom is -0.428 e. The van der Waals surface area contributed by atoms with Gasteiger partial charge in [-0.3, -0.25) is 9.78 Å². The molecule has 1 aliphatic rings. The van der Waals surface area contributed by atoms with Crippen LogP contribution in [0.3, 0.4) is 0 Å². The van der Waals surface area contributed by atoms with Gasteiger partial charge in [-0.15, -0.1) is 0 Å². The van der Waals surface area contributed by atoms with E-state index in [0.29, 0.717) is 68.3 Å². The second-order valence-corrected chi connectivity index (χ2v) is 11.5. The number of alkyl halides is 2. The first-order valence-electron chi connectivity index (χ1n) is 15.4. The summed E-state index contributed by atoms with van der Waals surface area (Å²) < 4.78 is 46.4. The Labute approximate surface area is 272 Å². The predicted molar refractivity (Wildman–Crippen MR) is 168 cm³/mol. The number of aliphatic hydroxyl groups is 1. The summed E-state index contributed by atoms with van der Waals surface area (Å²) >= 11 is 0. The van der Waals surface area contributed by atoms with Crippen LogP contribution in [0.15, 0.2) is 48.8 Å². The molecule has 3 aromatic heterocycles. The molecule has 3 aromatic rings. The number of methoxy groups -OCH3 is 1. The van der Waals surface area contributed by atoms with Crippen LogP contribution in [0.1, 0.15) is 55.9 Å². The molecule has 0 spiro atoms. The molecular formula is C33H41F2N5O7. The van der Waals surface area contributed by atoms with E-state index in [-0.39, 0.29) is 29.8 Å². The Morgan fingerprint density at radius 2 is 1.81 bits per heavy atom. The third-order valence-corrected chi connectivity index (χ3v) is 8.03. The minimum atomic E-state index is -2.61. The van der Waals surface area contributed by atoms with Gasteiger partial charge in [0.15, 0.2) is 0 Å². The van der Waals surface area contributed by atoms with Crippen LogP contribution in [0.5, 0.6) is 0 Å². The quantitative estimate of drug-likeness (QED) is 0.109. The molecule has 4 rings (SSSR count). The smallest absolute Gasteiger partial charge is 0.410 e. The van der Waals surface area contributed by atoms with Gasteiger partial charge in [-0.2, -0.15) is 0 Å². The van der Waals surface area contributed by atoms with Crippen molar-refractivity contribution in [3.8, 4) is 11.3 Å². The Hall–Kier alpha value is -4.27. The third kappa shape index (κ3) is 10.4. The molecule has 47 heavy (non-hydrogen) atoms. The molecule has 12 nitrogen and oxygen atoms in total. The van der Waals surface area contributed by atoms with E-state index in [1.165, 1.54) is 18.3 Å². The maximum Gasteiger partial charge on any atom is 0.410 e. The monoisotopic (exact) mass is 657 g/mol. The third-order valence-electron chi connectivity index (χ3n) is 8.03. The molecule has 0 bridgehead atoms. The zero-order chi connectivity index (χ0) is 33.8. The van der Waals surface area contributed by atoms with E-state index in [1.807, 2.05) is 19.1 Å². The number of rotatable bonds is 15. The molecular weight excluding hydrogens is 616 g/mol. The number of hydrogen-bond acceptors (Lipinski definition) is 11. The van der Waals surface area contributed by atoms with E-state index in [2.05, 4.69) is 25.6 Å². The fourth-order valence-corrected chi connectivity index (χ4v) is 5.39. The van der Waals surface area contributed by atoms with Gasteiger partial charge >= 0.3 is 12.1 Å². The molecule has 1 fully saturated rings. The van der Waals surface area contributed by atoms with Gasteiger partial charge in [0, 0.05) is 37.2 Å². The Morgan fingerprint density at radius 3 is 2.51 bits per heavy atom. The highest BCUT2D eigenvalue weighted by molar-refractivity contribution is 5.73. The minimum absolute atomic E-state index is 0.137. The second-order valence-electron chi connectivity index (χ2n) is 11.5. The van der Waals surface area contributed by atoms with Crippen LogP contribution in [0.25, 0.3) is 11.3 Å². The summed E-state index contributed by atoms with van der Waals surface area (Å²) in [6.07, 6.45) is 1.82. The Balaban J connectivity index is 1.26. The number of esters is 1. The van der Waals surface area contributed by atoms with Crippen molar-refractivity contribution >= 4 is 23.7 Å². The van der Waals surface area contributed by atoms with Crippen LogP contribution in [0.2, 0.25) is 0 Å². The Kier molecular flexibility index (Phi) is 12.9. The van der Waals surface area contributed by atoms with Crippen molar-refractivity contribution in [1.82, 2.24) is 20.3 Å². The average Bonchev–Trinajstić information content (AvgIpc) is 3.06. The summed E-state index contributed by atoms with van der Waals surface area (Å²) in [4.78, 5) is 37.6. The Bertz CT molecular complexity index is 1470. The summed E-state index contributed by atoms with van der Waals surface area (Å²) in [6.45, 7) is 4.56. The molecule has 0 aromatic carbocycles. The van der Waals surface area contributed by atoms with Crippen molar-refractivity contribution < 1.29 is 42.4 Å². The normalized spacial score (nSPS) is 17.5. The molecule has 0 saturated heterocycles. The molecule has 1 amide bonds. The maximum atomic E-state index is 13.1. The van der Waals surface area contributed by atoms with Crippen molar-refractivity contribution in [2.45, 2.75) is 51.6 Å². The molecule has 1 saturated carbocycles. The lowest BCUT2D eigenvalue weighted by atomic mass is 9.73. The summed E-state index contributed by atoms with van der Waals surface area (Å²) in [7, 11) is 1.57. The van der Waals surface area contributed by atoms with Crippen LogP contribution in [0, 0.1) is 18.8 Å². The van der Waals surface area contributed by atoms with E-state index >= 15 is 0 Å². The zero-order valence-corrected chi connectivity index (χ0v) is 26.7. The van der Waals surface area contributed by atoms with E-state index < -0.39 is 30.9 Å². The lowest BCUT2D eigenvalue weighted by Gasteiger charge is -2.37. The van der Waals surface area contributed by atoms with Gasteiger partial charge in [-0.05, 0) is 87.4 Å². The first kappa shape index (κ1) is 35.6. The van der Waals surface area contributed by atoms with Gasteiger partial charge in [-0.1, -0.05) is 0 Å². The van der Waals surface area contributed by atoms with Crippen molar-refractivity contribution in [1.29, 1.82) is 0 Å². The highest BCUT2D eigenvalue weighted by Gasteiger charge is 2.39. The van der Waals surface area contributed by atoms with Crippen LogP contribution in [-0.2, 0) is 29.3 Å². The van der Waals surface area contributed by atoms with Crippen molar-refractivity contribution in [3.05, 3.63) is 65.6 Å². The fraction of sp³-hybridized carbons (Fsp3) is 0.485. The average molecular weight is 658 g/mol. The number of carbonyl (C=O) groups excluding carboxylic acids is 2. The van der Waals surface area contributed by atoms with Crippen LogP contribution in [-0.4, -0.2) is 72.4 Å². The van der Waals surface area contributed by atoms with Gasteiger partial charge in [0.05, 0.1) is 37.1 Å². The van der Waals surface area contributed by atoms with E-state index in [0.717, 1.165) is 5.56 Å². The molecule has 14 heteroatoms. The molecule has 0 aliphatic heterocycles. The number of pyridine rings is 3.